The SMILES string of the molecule is CC1CCCC(O)(CNC(=O)c2cc(Cl)c[nH]2)C1. The molecule has 1 aliphatic carbocycles. The molecule has 5 heteroatoms. The van der Waals surface area contributed by atoms with Gasteiger partial charge in [-0.2, -0.15) is 0 Å². The molecule has 1 amide bonds. The first-order valence-corrected chi connectivity index (χ1v) is 6.71. The third-order valence-electron chi connectivity index (χ3n) is 3.54. The average Bonchev–Trinajstić information content (AvgIpc) is 2.73. The van der Waals surface area contributed by atoms with Gasteiger partial charge in [0.15, 0.2) is 0 Å². The van der Waals surface area contributed by atoms with Crippen molar-refractivity contribution >= 4 is 17.5 Å². The van der Waals surface area contributed by atoms with Gasteiger partial charge < -0.3 is 15.4 Å². The van der Waals surface area contributed by atoms with Gasteiger partial charge in [-0.1, -0.05) is 31.4 Å². The molecule has 18 heavy (non-hydrogen) atoms. The fraction of sp³-hybridized carbons (Fsp3) is 0.615. The molecule has 1 fully saturated rings. The van der Waals surface area contributed by atoms with Crippen molar-refractivity contribution in [3.05, 3.63) is 23.0 Å². The van der Waals surface area contributed by atoms with Crippen LogP contribution in [0.1, 0.15) is 43.1 Å². The van der Waals surface area contributed by atoms with Crippen LogP contribution in [0, 0.1) is 5.92 Å². The van der Waals surface area contributed by atoms with Gasteiger partial charge in [-0.05, 0) is 24.8 Å². The summed E-state index contributed by atoms with van der Waals surface area (Å²) in [5.41, 5.74) is -0.337. The van der Waals surface area contributed by atoms with E-state index in [4.69, 9.17) is 11.6 Å². The van der Waals surface area contributed by atoms with Gasteiger partial charge in [0.25, 0.3) is 5.91 Å². The van der Waals surface area contributed by atoms with Crippen LogP contribution in [-0.4, -0.2) is 28.1 Å². The molecule has 0 radical (unpaired) electrons. The largest absolute Gasteiger partial charge is 0.388 e. The van der Waals surface area contributed by atoms with Crippen molar-refractivity contribution in [2.45, 2.75) is 38.2 Å². The van der Waals surface area contributed by atoms with Gasteiger partial charge in [0.05, 0.1) is 10.6 Å². The number of rotatable bonds is 3. The summed E-state index contributed by atoms with van der Waals surface area (Å²) in [7, 11) is 0. The van der Waals surface area contributed by atoms with Crippen LogP contribution in [0.4, 0.5) is 0 Å². The summed E-state index contributed by atoms with van der Waals surface area (Å²) in [5.74, 6) is 0.286. The number of nitrogens with one attached hydrogen (secondary N) is 2. The van der Waals surface area contributed by atoms with Crippen molar-refractivity contribution in [2.75, 3.05) is 6.54 Å². The summed E-state index contributed by atoms with van der Waals surface area (Å²) < 4.78 is 0. The molecule has 3 N–H and O–H groups in total. The van der Waals surface area contributed by atoms with E-state index in [1.165, 1.54) is 0 Å². The summed E-state index contributed by atoms with van der Waals surface area (Å²) in [6.45, 7) is 2.43. The van der Waals surface area contributed by atoms with E-state index in [2.05, 4.69) is 17.2 Å². The lowest BCUT2D eigenvalue weighted by Gasteiger charge is -2.35. The minimum atomic E-state index is -0.760. The second-order valence-corrected chi connectivity index (χ2v) is 5.78. The molecule has 1 aliphatic rings. The van der Waals surface area contributed by atoms with Crippen molar-refractivity contribution in [1.82, 2.24) is 10.3 Å². The Balaban J connectivity index is 1.89. The van der Waals surface area contributed by atoms with Crippen LogP contribution >= 0.6 is 11.6 Å². The smallest absolute Gasteiger partial charge is 0.267 e. The van der Waals surface area contributed by atoms with Gasteiger partial charge in [0, 0.05) is 12.7 Å². The second kappa shape index (κ2) is 5.33. The summed E-state index contributed by atoms with van der Waals surface area (Å²) in [6, 6.07) is 1.57. The molecule has 0 saturated heterocycles. The maximum Gasteiger partial charge on any atom is 0.267 e. The monoisotopic (exact) mass is 270 g/mol. The van der Waals surface area contributed by atoms with Crippen LogP contribution in [0.15, 0.2) is 12.3 Å². The van der Waals surface area contributed by atoms with Crippen molar-refractivity contribution in [3.63, 3.8) is 0 Å². The molecular weight excluding hydrogens is 252 g/mol. The molecule has 0 spiro atoms. The number of aliphatic hydroxyl groups is 1. The topological polar surface area (TPSA) is 65.1 Å². The van der Waals surface area contributed by atoms with Gasteiger partial charge in [0.2, 0.25) is 0 Å². The van der Waals surface area contributed by atoms with Gasteiger partial charge in [-0.15, -0.1) is 0 Å². The molecule has 4 nitrogen and oxygen atoms in total. The fourth-order valence-electron chi connectivity index (χ4n) is 2.63. The molecule has 0 aliphatic heterocycles. The van der Waals surface area contributed by atoms with Crippen LogP contribution in [0.5, 0.6) is 0 Å². The number of carbonyl (C=O) groups excluding carboxylic acids is 1. The van der Waals surface area contributed by atoms with Crippen LogP contribution in [0.25, 0.3) is 0 Å². The molecule has 1 saturated carbocycles. The van der Waals surface area contributed by atoms with Crippen molar-refractivity contribution < 1.29 is 9.90 Å². The fourth-order valence-corrected chi connectivity index (χ4v) is 2.80. The number of hydrogen-bond acceptors (Lipinski definition) is 2. The van der Waals surface area contributed by atoms with Crippen molar-refractivity contribution in [2.24, 2.45) is 5.92 Å². The maximum atomic E-state index is 11.8. The van der Waals surface area contributed by atoms with E-state index in [1.54, 1.807) is 12.3 Å². The molecule has 2 rings (SSSR count). The zero-order chi connectivity index (χ0) is 13.2. The van der Waals surface area contributed by atoms with E-state index in [0.717, 1.165) is 25.7 Å². The Morgan fingerprint density at radius 3 is 3.11 bits per heavy atom. The maximum absolute atomic E-state index is 11.8. The third kappa shape index (κ3) is 3.27. The highest BCUT2D eigenvalue weighted by Crippen LogP contribution is 2.31. The number of hydrogen-bond donors (Lipinski definition) is 3. The first-order chi connectivity index (χ1) is 8.48. The van der Waals surface area contributed by atoms with E-state index in [0.29, 0.717) is 23.2 Å². The van der Waals surface area contributed by atoms with Crippen LogP contribution < -0.4 is 5.32 Å². The number of carbonyl (C=O) groups is 1. The Morgan fingerprint density at radius 1 is 1.72 bits per heavy atom. The molecule has 0 aromatic carbocycles. The minimum absolute atomic E-state index is 0.228. The Labute approximate surface area is 112 Å². The average molecular weight is 271 g/mol. The number of halogens is 1. The molecule has 1 aromatic rings. The van der Waals surface area contributed by atoms with Gasteiger partial charge in [-0.3, -0.25) is 4.79 Å². The standard InChI is InChI=1S/C13H19ClN2O2/c1-9-3-2-4-13(18,6-9)8-16-12(17)11-5-10(14)7-15-11/h5,7,9,15,18H,2-4,6,8H2,1H3,(H,16,17). The first-order valence-electron chi connectivity index (χ1n) is 6.33. The molecule has 0 bridgehead atoms. The van der Waals surface area contributed by atoms with Gasteiger partial charge >= 0.3 is 0 Å². The lowest BCUT2D eigenvalue weighted by atomic mass is 9.79. The van der Waals surface area contributed by atoms with Crippen molar-refractivity contribution in [3.8, 4) is 0 Å². The summed E-state index contributed by atoms with van der Waals surface area (Å²) in [4.78, 5) is 14.6. The zero-order valence-corrected chi connectivity index (χ0v) is 11.3. The van der Waals surface area contributed by atoms with Crippen molar-refractivity contribution in [1.29, 1.82) is 0 Å². The highest BCUT2D eigenvalue weighted by molar-refractivity contribution is 6.30. The normalized spacial score (nSPS) is 28.1. The Kier molecular flexibility index (Phi) is 3.97. The lowest BCUT2D eigenvalue weighted by Crippen LogP contribution is -2.45. The van der Waals surface area contributed by atoms with Gasteiger partial charge in [0.1, 0.15) is 5.69 Å². The summed E-state index contributed by atoms with van der Waals surface area (Å²) in [6.07, 6.45) is 5.24. The molecule has 100 valence electrons. The molecule has 2 unspecified atom stereocenters. The van der Waals surface area contributed by atoms with Crippen LogP contribution in [-0.2, 0) is 0 Å². The lowest BCUT2D eigenvalue weighted by molar-refractivity contribution is -0.0109. The molecule has 1 heterocycles. The quantitative estimate of drug-likeness (QED) is 0.789. The Bertz CT molecular complexity index is 432. The molecular formula is C13H19ClN2O2. The third-order valence-corrected chi connectivity index (χ3v) is 3.76. The number of aromatic nitrogens is 1. The minimum Gasteiger partial charge on any atom is -0.388 e. The first kappa shape index (κ1) is 13.4. The predicted molar refractivity (Wildman–Crippen MR) is 70.7 cm³/mol. The van der Waals surface area contributed by atoms with E-state index >= 15 is 0 Å². The highest BCUT2D eigenvalue weighted by atomic mass is 35.5. The Morgan fingerprint density at radius 2 is 2.50 bits per heavy atom. The van der Waals surface area contributed by atoms with E-state index in [9.17, 15) is 9.90 Å². The molecule has 1 aromatic heterocycles. The van der Waals surface area contributed by atoms with Crippen LogP contribution in [0.2, 0.25) is 5.02 Å². The summed E-state index contributed by atoms with van der Waals surface area (Å²) >= 11 is 5.74. The Hall–Kier alpha value is -1.00. The predicted octanol–water partition coefficient (Wildman–Crippen LogP) is 2.34. The van der Waals surface area contributed by atoms with Crippen LogP contribution in [0.3, 0.4) is 0 Å². The number of H-pyrrole nitrogens is 1. The second-order valence-electron chi connectivity index (χ2n) is 5.34. The van der Waals surface area contributed by atoms with E-state index < -0.39 is 5.60 Å². The number of amides is 1. The highest BCUT2D eigenvalue weighted by Gasteiger charge is 2.32. The number of aromatic amines is 1. The van der Waals surface area contributed by atoms with Gasteiger partial charge in [-0.25, -0.2) is 0 Å². The van der Waals surface area contributed by atoms with E-state index in [1.807, 2.05) is 0 Å². The van der Waals surface area contributed by atoms with E-state index in [-0.39, 0.29) is 5.91 Å². The summed E-state index contributed by atoms with van der Waals surface area (Å²) in [5, 5.41) is 13.7. The zero-order valence-electron chi connectivity index (χ0n) is 10.5. The molecule has 2 atom stereocenters.